The second-order valence-electron chi connectivity index (χ2n) is 4.39. The number of nitrogens with one attached hydrogen (secondary N) is 2. The van der Waals surface area contributed by atoms with E-state index in [1.54, 1.807) is 24.5 Å². The van der Waals surface area contributed by atoms with Gasteiger partial charge in [-0.2, -0.15) is 0 Å². The largest absolute Gasteiger partial charge is 0.345 e. The lowest BCUT2D eigenvalue weighted by molar-refractivity contribution is 0.581. The Labute approximate surface area is 116 Å². The normalized spacial score (nSPS) is 11.8. The lowest BCUT2D eigenvalue weighted by Gasteiger charge is -2.06. The summed E-state index contributed by atoms with van der Waals surface area (Å²) < 4.78 is 27.0. The fourth-order valence-electron chi connectivity index (χ4n) is 1.94. The number of fused-ring (bicyclic) bond motifs is 1. The summed E-state index contributed by atoms with van der Waals surface area (Å²) in [7, 11) is -3.53. The standard InChI is InChI=1S/C14H13N3O2S/c18-20(19,17-9-11-4-2-1-3-5-11)12-6-7-13-14(8-12)16-10-15-13/h1-8,10,17H,9H2,(H,15,16). The summed E-state index contributed by atoms with van der Waals surface area (Å²) in [6, 6.07) is 14.2. The third-order valence-corrected chi connectivity index (χ3v) is 4.41. The van der Waals surface area contributed by atoms with E-state index in [9.17, 15) is 8.42 Å². The summed E-state index contributed by atoms with van der Waals surface area (Å²) >= 11 is 0. The van der Waals surface area contributed by atoms with Crippen LogP contribution in [0, 0.1) is 0 Å². The topological polar surface area (TPSA) is 74.8 Å². The molecule has 0 aliphatic carbocycles. The molecule has 0 atom stereocenters. The van der Waals surface area contributed by atoms with Gasteiger partial charge in [-0.1, -0.05) is 30.3 Å². The van der Waals surface area contributed by atoms with Crippen molar-refractivity contribution >= 4 is 21.1 Å². The molecule has 1 aromatic heterocycles. The molecule has 5 nitrogen and oxygen atoms in total. The van der Waals surface area contributed by atoms with Crippen LogP contribution in [0.3, 0.4) is 0 Å². The maximum atomic E-state index is 12.2. The molecule has 0 saturated carbocycles. The van der Waals surface area contributed by atoms with Gasteiger partial charge in [-0.25, -0.2) is 18.1 Å². The Morgan fingerprint density at radius 1 is 1.10 bits per heavy atom. The van der Waals surface area contributed by atoms with Gasteiger partial charge in [0, 0.05) is 6.54 Å². The number of nitrogens with zero attached hydrogens (tertiary/aromatic N) is 1. The van der Waals surface area contributed by atoms with Crippen LogP contribution in [0.25, 0.3) is 11.0 Å². The first-order valence-electron chi connectivity index (χ1n) is 6.12. The highest BCUT2D eigenvalue weighted by Gasteiger charge is 2.14. The highest BCUT2D eigenvalue weighted by Crippen LogP contribution is 2.16. The van der Waals surface area contributed by atoms with Crippen LogP contribution in [-0.2, 0) is 16.6 Å². The summed E-state index contributed by atoms with van der Waals surface area (Å²) in [4.78, 5) is 7.19. The molecule has 3 rings (SSSR count). The number of hydrogen-bond acceptors (Lipinski definition) is 3. The van der Waals surface area contributed by atoms with Gasteiger partial charge >= 0.3 is 0 Å². The minimum absolute atomic E-state index is 0.227. The summed E-state index contributed by atoms with van der Waals surface area (Å²) in [5.41, 5.74) is 2.36. The molecule has 0 aliphatic rings. The molecule has 2 N–H and O–H groups in total. The Hall–Kier alpha value is -2.18. The van der Waals surface area contributed by atoms with Crippen molar-refractivity contribution < 1.29 is 8.42 Å². The smallest absolute Gasteiger partial charge is 0.240 e. The van der Waals surface area contributed by atoms with Crippen LogP contribution in [0.5, 0.6) is 0 Å². The van der Waals surface area contributed by atoms with Crippen LogP contribution < -0.4 is 4.72 Å². The van der Waals surface area contributed by atoms with Crippen LogP contribution in [0.4, 0.5) is 0 Å². The van der Waals surface area contributed by atoms with Gasteiger partial charge in [0.1, 0.15) is 0 Å². The third-order valence-electron chi connectivity index (χ3n) is 3.01. The maximum absolute atomic E-state index is 12.2. The Morgan fingerprint density at radius 3 is 2.70 bits per heavy atom. The predicted octanol–water partition coefficient (Wildman–Crippen LogP) is 2.04. The fourth-order valence-corrected chi connectivity index (χ4v) is 2.98. The highest BCUT2D eigenvalue weighted by atomic mass is 32.2. The molecule has 0 saturated heterocycles. The molecule has 0 unspecified atom stereocenters. The van der Waals surface area contributed by atoms with E-state index < -0.39 is 10.0 Å². The van der Waals surface area contributed by atoms with Gasteiger partial charge < -0.3 is 4.98 Å². The zero-order valence-corrected chi connectivity index (χ0v) is 11.4. The molecule has 0 spiro atoms. The van der Waals surface area contributed by atoms with E-state index in [-0.39, 0.29) is 11.4 Å². The molecule has 20 heavy (non-hydrogen) atoms. The number of aromatic nitrogens is 2. The first-order valence-corrected chi connectivity index (χ1v) is 7.60. The van der Waals surface area contributed by atoms with Gasteiger partial charge in [0.2, 0.25) is 10.0 Å². The van der Waals surface area contributed by atoms with Gasteiger partial charge in [0.05, 0.1) is 22.3 Å². The number of sulfonamides is 1. The molecule has 0 bridgehead atoms. The van der Waals surface area contributed by atoms with Crippen LogP contribution in [0.1, 0.15) is 5.56 Å². The predicted molar refractivity (Wildman–Crippen MR) is 76.6 cm³/mol. The SMILES string of the molecule is O=S(=O)(NCc1ccccc1)c1ccc2nc[nH]c2c1. The molecule has 0 radical (unpaired) electrons. The number of hydrogen-bond donors (Lipinski definition) is 2. The molecular weight excluding hydrogens is 274 g/mol. The third kappa shape index (κ3) is 2.56. The second kappa shape index (κ2) is 5.07. The molecule has 3 aromatic rings. The lowest BCUT2D eigenvalue weighted by Crippen LogP contribution is -2.23. The van der Waals surface area contributed by atoms with E-state index in [0.29, 0.717) is 5.52 Å². The Balaban J connectivity index is 1.84. The molecule has 102 valence electrons. The second-order valence-corrected chi connectivity index (χ2v) is 6.16. The molecule has 1 heterocycles. The van der Waals surface area contributed by atoms with E-state index in [1.165, 1.54) is 0 Å². The Kier molecular flexibility index (Phi) is 3.25. The minimum Gasteiger partial charge on any atom is -0.345 e. The number of benzene rings is 2. The number of rotatable bonds is 4. The van der Waals surface area contributed by atoms with Crippen molar-refractivity contribution in [1.29, 1.82) is 0 Å². The van der Waals surface area contributed by atoms with Gasteiger partial charge in [-0.05, 0) is 23.8 Å². The van der Waals surface area contributed by atoms with Gasteiger partial charge in [-0.15, -0.1) is 0 Å². The summed E-state index contributed by atoms with van der Waals surface area (Å²) in [5, 5.41) is 0. The first kappa shape index (κ1) is 12.8. The number of H-pyrrole nitrogens is 1. The summed E-state index contributed by atoms with van der Waals surface area (Å²) in [6.07, 6.45) is 1.54. The first-order chi connectivity index (χ1) is 9.65. The van der Waals surface area contributed by atoms with Crippen LogP contribution in [-0.4, -0.2) is 18.4 Å². The molecule has 0 fully saturated rings. The zero-order valence-electron chi connectivity index (χ0n) is 10.6. The average molecular weight is 287 g/mol. The molecule has 2 aromatic carbocycles. The molecular formula is C14H13N3O2S. The van der Waals surface area contributed by atoms with Crippen molar-refractivity contribution in [3.63, 3.8) is 0 Å². The minimum atomic E-state index is -3.53. The van der Waals surface area contributed by atoms with Crippen LogP contribution in [0.2, 0.25) is 0 Å². The fraction of sp³-hybridized carbons (Fsp3) is 0.0714. The van der Waals surface area contributed by atoms with Gasteiger partial charge in [-0.3, -0.25) is 0 Å². The van der Waals surface area contributed by atoms with Crippen molar-refractivity contribution in [1.82, 2.24) is 14.7 Å². The van der Waals surface area contributed by atoms with Crippen molar-refractivity contribution in [2.45, 2.75) is 11.4 Å². The van der Waals surface area contributed by atoms with Crippen molar-refractivity contribution in [2.75, 3.05) is 0 Å². The highest BCUT2D eigenvalue weighted by molar-refractivity contribution is 7.89. The summed E-state index contributed by atoms with van der Waals surface area (Å²) in [5.74, 6) is 0. The van der Waals surface area contributed by atoms with Crippen LogP contribution in [0.15, 0.2) is 59.8 Å². The summed E-state index contributed by atoms with van der Waals surface area (Å²) in [6.45, 7) is 0.268. The zero-order chi connectivity index (χ0) is 14.0. The molecule has 0 aliphatic heterocycles. The Morgan fingerprint density at radius 2 is 1.90 bits per heavy atom. The van der Waals surface area contributed by atoms with Gasteiger partial charge in [0.15, 0.2) is 0 Å². The molecule has 6 heteroatoms. The van der Waals surface area contributed by atoms with E-state index in [0.717, 1.165) is 11.1 Å². The van der Waals surface area contributed by atoms with E-state index in [2.05, 4.69) is 14.7 Å². The molecule has 0 amide bonds. The van der Waals surface area contributed by atoms with Gasteiger partial charge in [0.25, 0.3) is 0 Å². The average Bonchev–Trinajstić information content (AvgIpc) is 2.94. The van der Waals surface area contributed by atoms with Crippen molar-refractivity contribution in [2.24, 2.45) is 0 Å². The quantitative estimate of drug-likeness (QED) is 0.771. The van der Waals surface area contributed by atoms with Crippen molar-refractivity contribution in [3.8, 4) is 0 Å². The maximum Gasteiger partial charge on any atom is 0.240 e. The number of imidazole rings is 1. The van der Waals surface area contributed by atoms with E-state index >= 15 is 0 Å². The van der Waals surface area contributed by atoms with E-state index in [4.69, 9.17) is 0 Å². The van der Waals surface area contributed by atoms with Crippen LogP contribution >= 0.6 is 0 Å². The number of aromatic amines is 1. The Bertz CT molecular complexity index is 826. The van der Waals surface area contributed by atoms with E-state index in [1.807, 2.05) is 30.3 Å². The lowest BCUT2D eigenvalue weighted by atomic mass is 10.2. The monoisotopic (exact) mass is 287 g/mol. The van der Waals surface area contributed by atoms with Crippen molar-refractivity contribution in [3.05, 3.63) is 60.4 Å².